The zero-order chi connectivity index (χ0) is 30.4. The summed E-state index contributed by atoms with van der Waals surface area (Å²) in [6.45, 7) is 3.49. The van der Waals surface area contributed by atoms with Crippen LogP contribution in [0.3, 0.4) is 0 Å². The third-order valence-electron chi connectivity index (χ3n) is 8.52. The van der Waals surface area contributed by atoms with E-state index in [1.165, 1.54) is 40.5 Å². The number of hydrogen-bond donors (Lipinski definition) is 2. The summed E-state index contributed by atoms with van der Waals surface area (Å²) < 4.78 is 31.2. The maximum atomic E-state index is 13.6. The summed E-state index contributed by atoms with van der Waals surface area (Å²) in [4.78, 5) is 34.2. The third-order valence-corrected chi connectivity index (χ3v) is 8.52. The van der Waals surface area contributed by atoms with Crippen molar-refractivity contribution in [1.82, 2.24) is 34.0 Å². The number of rotatable bonds is 8. The molecule has 14 heteroatoms. The Bertz CT molecular complexity index is 1640. The van der Waals surface area contributed by atoms with Crippen LogP contribution in [0.1, 0.15) is 38.6 Å². The van der Waals surface area contributed by atoms with E-state index in [-0.39, 0.29) is 38.0 Å². The number of β-amino-alcohol motifs (C(OH)–C–C–N with tert-alkyl or cyclic N) is 1. The molecule has 2 aliphatic heterocycles. The van der Waals surface area contributed by atoms with Gasteiger partial charge in [-0.1, -0.05) is 0 Å². The summed E-state index contributed by atoms with van der Waals surface area (Å²) in [7, 11) is 0. The molecule has 43 heavy (non-hydrogen) atoms. The molecule has 2 aliphatic rings. The van der Waals surface area contributed by atoms with E-state index in [1.807, 2.05) is 31.2 Å². The molecule has 0 radical (unpaired) electrons. The SMILES string of the molecule is C[C@@]1(O)CCN(c2ccc(-n3ncc4c(=O)n(CC5(O)CCN(C(=O)CC(C(F)F)n6cccn6)CC5)cnc43)cc2)C1. The Morgan fingerprint density at radius 1 is 1.05 bits per heavy atom. The van der Waals surface area contributed by atoms with Crippen LogP contribution in [-0.2, 0) is 11.3 Å². The van der Waals surface area contributed by atoms with Gasteiger partial charge in [0.25, 0.3) is 12.0 Å². The molecule has 228 valence electrons. The number of aliphatic hydroxyl groups is 2. The molecule has 1 amide bonds. The van der Waals surface area contributed by atoms with Gasteiger partial charge in [-0.25, -0.2) is 18.4 Å². The highest BCUT2D eigenvalue weighted by Gasteiger charge is 2.36. The minimum atomic E-state index is -2.75. The molecular formula is C29H34F2N8O4. The van der Waals surface area contributed by atoms with Gasteiger partial charge < -0.3 is 20.0 Å². The van der Waals surface area contributed by atoms with Gasteiger partial charge in [-0.2, -0.15) is 10.2 Å². The summed E-state index contributed by atoms with van der Waals surface area (Å²) in [5.74, 6) is -0.434. The van der Waals surface area contributed by atoms with Gasteiger partial charge in [-0.05, 0) is 56.5 Å². The number of fused-ring (bicyclic) bond motifs is 1. The monoisotopic (exact) mass is 596 g/mol. The van der Waals surface area contributed by atoms with Gasteiger partial charge in [0.05, 0.1) is 36.1 Å². The second kappa shape index (κ2) is 11.2. The number of halogens is 2. The molecular weight excluding hydrogens is 562 g/mol. The fourth-order valence-electron chi connectivity index (χ4n) is 5.95. The van der Waals surface area contributed by atoms with E-state index in [0.717, 1.165) is 22.6 Å². The van der Waals surface area contributed by atoms with Crippen LogP contribution in [0.25, 0.3) is 16.7 Å². The molecule has 12 nitrogen and oxygen atoms in total. The molecule has 1 aromatic carbocycles. The highest BCUT2D eigenvalue weighted by Crippen LogP contribution is 2.29. The van der Waals surface area contributed by atoms with Gasteiger partial charge in [-0.3, -0.25) is 18.8 Å². The first kappa shape index (κ1) is 28.9. The first-order chi connectivity index (χ1) is 20.5. The normalized spacial score (nSPS) is 21.2. The predicted molar refractivity (Wildman–Crippen MR) is 153 cm³/mol. The number of likely N-dealkylation sites (tertiary alicyclic amines) is 1. The number of carbonyl (C=O) groups excluding carboxylic acids is 1. The third kappa shape index (κ3) is 5.89. The van der Waals surface area contributed by atoms with E-state index < -0.39 is 36.0 Å². The molecule has 0 spiro atoms. The Labute approximate surface area is 245 Å². The van der Waals surface area contributed by atoms with Crippen molar-refractivity contribution in [2.24, 2.45) is 0 Å². The van der Waals surface area contributed by atoms with Crippen molar-refractivity contribution in [1.29, 1.82) is 0 Å². The van der Waals surface area contributed by atoms with Crippen LogP contribution in [0.15, 0.2) is 60.0 Å². The minimum Gasteiger partial charge on any atom is -0.388 e. The maximum Gasteiger partial charge on any atom is 0.264 e. The Balaban J connectivity index is 1.11. The fourth-order valence-corrected chi connectivity index (χ4v) is 5.95. The van der Waals surface area contributed by atoms with Crippen LogP contribution in [0.4, 0.5) is 14.5 Å². The van der Waals surface area contributed by atoms with E-state index in [2.05, 4.69) is 20.1 Å². The molecule has 2 fully saturated rings. The van der Waals surface area contributed by atoms with Gasteiger partial charge in [0.15, 0.2) is 5.65 Å². The maximum absolute atomic E-state index is 13.6. The topological polar surface area (TPSA) is 135 Å². The van der Waals surface area contributed by atoms with E-state index in [9.17, 15) is 28.6 Å². The van der Waals surface area contributed by atoms with E-state index in [0.29, 0.717) is 24.0 Å². The van der Waals surface area contributed by atoms with Crippen molar-refractivity contribution in [2.75, 3.05) is 31.1 Å². The molecule has 2 N–H and O–H groups in total. The molecule has 6 rings (SSSR count). The van der Waals surface area contributed by atoms with Crippen molar-refractivity contribution >= 4 is 22.6 Å². The number of anilines is 1. The molecule has 0 bridgehead atoms. The smallest absolute Gasteiger partial charge is 0.264 e. The van der Waals surface area contributed by atoms with E-state index in [1.54, 1.807) is 4.68 Å². The lowest BCUT2D eigenvalue weighted by atomic mass is 9.91. The van der Waals surface area contributed by atoms with Crippen LogP contribution in [0.2, 0.25) is 0 Å². The summed E-state index contributed by atoms with van der Waals surface area (Å²) in [5.41, 5.74) is -0.225. The van der Waals surface area contributed by atoms with E-state index in [4.69, 9.17) is 0 Å². The van der Waals surface area contributed by atoms with Crippen LogP contribution in [0.5, 0.6) is 0 Å². The number of amides is 1. The number of carbonyl (C=O) groups is 1. The molecule has 3 aromatic heterocycles. The highest BCUT2D eigenvalue weighted by molar-refractivity contribution is 5.77. The summed E-state index contributed by atoms with van der Waals surface area (Å²) in [6, 6.07) is 7.84. The van der Waals surface area contributed by atoms with Crippen molar-refractivity contribution < 1.29 is 23.8 Å². The van der Waals surface area contributed by atoms with Crippen LogP contribution in [0, 0.1) is 0 Å². The second-order valence-electron chi connectivity index (χ2n) is 11.9. The largest absolute Gasteiger partial charge is 0.388 e. The molecule has 2 saturated heterocycles. The lowest BCUT2D eigenvalue weighted by Crippen LogP contribution is -2.50. The van der Waals surface area contributed by atoms with Gasteiger partial charge >= 0.3 is 0 Å². The van der Waals surface area contributed by atoms with Gasteiger partial charge in [0.1, 0.15) is 17.8 Å². The number of benzene rings is 1. The standard InChI is InChI=1S/C29H34F2N8O4/c1-28(42)7-12-36(17-28)20-3-5-21(6-4-20)39-26-22(16-34-39)27(41)37(19-32-26)18-29(43)8-13-35(14-9-29)24(40)15-23(25(30)31)38-11-2-10-33-38/h2-6,10-11,16,19,23,25,42-43H,7-9,12-15,17-18H2,1H3/t23?,28-/m1/s1. The molecule has 2 atom stereocenters. The Morgan fingerprint density at radius 2 is 1.77 bits per heavy atom. The lowest BCUT2D eigenvalue weighted by Gasteiger charge is -2.38. The fraction of sp³-hybridized carbons (Fsp3) is 0.483. The van der Waals surface area contributed by atoms with E-state index >= 15 is 0 Å². The van der Waals surface area contributed by atoms with Crippen molar-refractivity contribution in [3.05, 3.63) is 65.6 Å². The number of alkyl halides is 2. The lowest BCUT2D eigenvalue weighted by molar-refractivity contribution is -0.138. The Hall–Kier alpha value is -4.17. The average Bonchev–Trinajstić information content (AvgIpc) is 3.74. The van der Waals surface area contributed by atoms with Crippen molar-refractivity contribution in [3.8, 4) is 5.69 Å². The zero-order valence-electron chi connectivity index (χ0n) is 23.8. The molecule has 0 saturated carbocycles. The predicted octanol–water partition coefficient (Wildman–Crippen LogP) is 1.99. The Kier molecular flexibility index (Phi) is 7.50. The average molecular weight is 597 g/mol. The summed E-state index contributed by atoms with van der Waals surface area (Å²) >= 11 is 0. The summed E-state index contributed by atoms with van der Waals surface area (Å²) in [5, 5.41) is 30.1. The molecule has 1 unspecified atom stereocenters. The van der Waals surface area contributed by atoms with Gasteiger partial charge in [0, 0.05) is 44.3 Å². The van der Waals surface area contributed by atoms with Crippen molar-refractivity contribution in [2.45, 2.75) is 62.8 Å². The first-order valence-electron chi connectivity index (χ1n) is 14.3. The molecule has 4 aromatic rings. The highest BCUT2D eigenvalue weighted by atomic mass is 19.3. The number of nitrogens with zero attached hydrogens (tertiary/aromatic N) is 8. The summed E-state index contributed by atoms with van der Waals surface area (Å²) in [6.07, 6.45) is 3.55. The van der Waals surface area contributed by atoms with Gasteiger partial charge in [-0.15, -0.1) is 0 Å². The first-order valence-corrected chi connectivity index (χ1v) is 14.3. The zero-order valence-corrected chi connectivity index (χ0v) is 23.8. The van der Waals surface area contributed by atoms with Crippen LogP contribution in [-0.4, -0.2) is 93.9 Å². The van der Waals surface area contributed by atoms with Crippen molar-refractivity contribution in [3.63, 3.8) is 0 Å². The minimum absolute atomic E-state index is 0.0246. The molecule has 5 heterocycles. The second-order valence-corrected chi connectivity index (χ2v) is 11.9. The number of aromatic nitrogens is 6. The Morgan fingerprint density at radius 3 is 2.40 bits per heavy atom. The van der Waals surface area contributed by atoms with Crippen LogP contribution >= 0.6 is 0 Å². The molecule has 0 aliphatic carbocycles. The number of hydrogen-bond acceptors (Lipinski definition) is 8. The quantitative estimate of drug-likeness (QED) is 0.316. The number of piperidine rings is 1. The van der Waals surface area contributed by atoms with Gasteiger partial charge in [0.2, 0.25) is 5.91 Å². The van der Waals surface area contributed by atoms with Crippen LogP contribution < -0.4 is 10.5 Å².